The van der Waals surface area contributed by atoms with Crippen LogP contribution in [-0.4, -0.2) is 67.1 Å². The van der Waals surface area contributed by atoms with Gasteiger partial charge in [-0.3, -0.25) is 4.79 Å². The van der Waals surface area contributed by atoms with Crippen molar-refractivity contribution in [3.05, 3.63) is 36.0 Å². The molecule has 0 saturated carbocycles. The van der Waals surface area contributed by atoms with Gasteiger partial charge in [-0.1, -0.05) is 0 Å². The molecule has 5 nitrogen and oxygen atoms in total. The van der Waals surface area contributed by atoms with Gasteiger partial charge in [0.1, 0.15) is 0 Å². The van der Waals surface area contributed by atoms with Gasteiger partial charge in [0.15, 0.2) is 0 Å². The molecule has 0 aliphatic carbocycles. The Kier molecular flexibility index (Phi) is 3.62. The van der Waals surface area contributed by atoms with Gasteiger partial charge in [0.2, 0.25) is 0 Å². The van der Waals surface area contributed by atoms with E-state index in [0.29, 0.717) is 13.2 Å². The van der Waals surface area contributed by atoms with E-state index in [1.165, 1.54) is 0 Å². The minimum absolute atomic E-state index is 0.0963. The van der Waals surface area contributed by atoms with Crippen LogP contribution in [0.3, 0.4) is 0 Å². The number of carbonyl (C=O) groups excluding carboxylic acids is 1. The molecule has 2 fully saturated rings. The van der Waals surface area contributed by atoms with E-state index in [2.05, 4.69) is 16.9 Å². The second-order valence-electron chi connectivity index (χ2n) is 7.05. The van der Waals surface area contributed by atoms with Crippen LogP contribution in [0.4, 0.5) is 0 Å². The summed E-state index contributed by atoms with van der Waals surface area (Å²) in [5.74, 6) is 0.118. The predicted molar refractivity (Wildman–Crippen MR) is 89.6 cm³/mol. The summed E-state index contributed by atoms with van der Waals surface area (Å²) < 4.78 is 5.83. The fraction of sp³-hybridized carbons (Fsp3) is 0.500. The number of nitrogens with one attached hydrogen (secondary N) is 1. The molecule has 0 radical (unpaired) electrons. The molecule has 0 unspecified atom stereocenters. The van der Waals surface area contributed by atoms with Gasteiger partial charge in [-0.15, -0.1) is 0 Å². The molecule has 3 heterocycles. The molecule has 4 rings (SSSR count). The van der Waals surface area contributed by atoms with Gasteiger partial charge < -0.3 is 19.5 Å². The summed E-state index contributed by atoms with van der Waals surface area (Å²) in [6.07, 6.45) is 3.01. The third-order valence-corrected chi connectivity index (χ3v) is 5.16. The zero-order valence-corrected chi connectivity index (χ0v) is 13.5. The van der Waals surface area contributed by atoms with E-state index in [-0.39, 0.29) is 11.3 Å². The summed E-state index contributed by atoms with van der Waals surface area (Å²) in [5.41, 5.74) is 1.93. The van der Waals surface area contributed by atoms with Gasteiger partial charge in [-0.05, 0) is 44.3 Å². The van der Waals surface area contributed by atoms with Crippen molar-refractivity contribution in [2.75, 3.05) is 46.4 Å². The lowest BCUT2D eigenvalue weighted by molar-refractivity contribution is 0.0659. The maximum atomic E-state index is 13.0. The lowest BCUT2D eigenvalue weighted by atomic mass is 9.87. The van der Waals surface area contributed by atoms with E-state index >= 15 is 0 Å². The Bertz CT molecular complexity index is 726. The van der Waals surface area contributed by atoms with Crippen LogP contribution in [0, 0.1) is 5.41 Å². The highest BCUT2D eigenvalue weighted by Crippen LogP contribution is 2.33. The first-order chi connectivity index (χ1) is 11.2. The number of aromatic nitrogens is 1. The molecule has 1 N–H and O–H groups in total. The Hall–Kier alpha value is -1.85. The van der Waals surface area contributed by atoms with Gasteiger partial charge in [-0.25, -0.2) is 0 Å². The van der Waals surface area contributed by atoms with Crippen LogP contribution in [0.2, 0.25) is 0 Å². The van der Waals surface area contributed by atoms with Crippen LogP contribution in [-0.2, 0) is 4.74 Å². The van der Waals surface area contributed by atoms with Crippen molar-refractivity contribution >= 4 is 16.8 Å². The molecule has 1 spiro atoms. The van der Waals surface area contributed by atoms with Gasteiger partial charge in [-0.2, -0.15) is 0 Å². The number of ether oxygens (including phenoxy) is 1. The van der Waals surface area contributed by atoms with Gasteiger partial charge in [0.25, 0.3) is 5.91 Å². The Morgan fingerprint density at radius 1 is 1.26 bits per heavy atom. The first kappa shape index (κ1) is 14.7. The normalized spacial score (nSPS) is 26.0. The standard InChI is InChI=1S/C18H23N3O2/c1-20-7-5-18(11-20)12-21(8-9-23-13-18)17(22)15-2-3-16-14(10-15)4-6-19-16/h2-4,6,10,19H,5,7-9,11-13H2,1H3/t18-/m0/s1. The van der Waals surface area contributed by atoms with Gasteiger partial charge >= 0.3 is 0 Å². The highest BCUT2D eigenvalue weighted by molar-refractivity contribution is 5.98. The number of carbonyl (C=O) groups is 1. The number of hydrogen-bond acceptors (Lipinski definition) is 3. The molecule has 5 heteroatoms. The molecule has 2 aliphatic rings. The number of nitrogens with zero attached hydrogens (tertiary/aromatic N) is 2. The molecular formula is C18H23N3O2. The number of likely N-dealkylation sites (tertiary alicyclic amines) is 1. The van der Waals surface area contributed by atoms with Crippen molar-refractivity contribution in [1.82, 2.24) is 14.8 Å². The first-order valence-electron chi connectivity index (χ1n) is 8.28. The van der Waals surface area contributed by atoms with E-state index in [1.807, 2.05) is 35.4 Å². The Balaban J connectivity index is 1.58. The summed E-state index contributed by atoms with van der Waals surface area (Å²) in [4.78, 5) is 20.5. The summed E-state index contributed by atoms with van der Waals surface area (Å²) in [6, 6.07) is 7.88. The second kappa shape index (κ2) is 5.65. The molecular weight excluding hydrogens is 290 g/mol. The van der Waals surface area contributed by atoms with Crippen LogP contribution < -0.4 is 0 Å². The van der Waals surface area contributed by atoms with Crippen LogP contribution in [0.1, 0.15) is 16.8 Å². The van der Waals surface area contributed by atoms with Gasteiger partial charge in [0, 0.05) is 47.7 Å². The largest absolute Gasteiger partial charge is 0.379 e. The zero-order chi connectivity index (χ0) is 15.9. The summed E-state index contributed by atoms with van der Waals surface area (Å²) in [7, 11) is 2.14. The molecule has 0 bridgehead atoms. The number of benzene rings is 1. The lowest BCUT2D eigenvalue weighted by Crippen LogP contribution is -2.43. The molecule has 1 aromatic heterocycles. The van der Waals surface area contributed by atoms with Crippen molar-refractivity contribution in [2.24, 2.45) is 5.41 Å². The SMILES string of the molecule is CN1CC[C@]2(COCCN(C(=O)c3ccc4[nH]ccc4c3)C2)C1. The van der Waals surface area contributed by atoms with Gasteiger partial charge in [0.05, 0.1) is 13.2 Å². The van der Waals surface area contributed by atoms with Crippen LogP contribution in [0.15, 0.2) is 30.5 Å². The Labute approximate surface area is 136 Å². The molecule has 23 heavy (non-hydrogen) atoms. The highest BCUT2D eigenvalue weighted by Gasteiger charge is 2.41. The predicted octanol–water partition coefficient (Wildman–Crippen LogP) is 1.96. The summed E-state index contributed by atoms with van der Waals surface area (Å²) in [6.45, 7) is 4.95. The zero-order valence-electron chi connectivity index (χ0n) is 13.5. The Morgan fingerprint density at radius 2 is 2.17 bits per heavy atom. The third-order valence-electron chi connectivity index (χ3n) is 5.16. The smallest absolute Gasteiger partial charge is 0.253 e. The molecule has 122 valence electrons. The minimum Gasteiger partial charge on any atom is -0.379 e. The van der Waals surface area contributed by atoms with Crippen molar-refractivity contribution in [1.29, 1.82) is 0 Å². The third kappa shape index (κ3) is 2.75. The topological polar surface area (TPSA) is 48.6 Å². The summed E-state index contributed by atoms with van der Waals surface area (Å²) >= 11 is 0. The Morgan fingerprint density at radius 3 is 3.00 bits per heavy atom. The lowest BCUT2D eigenvalue weighted by Gasteiger charge is -2.31. The average Bonchev–Trinajstić information content (AvgIpc) is 3.09. The second-order valence-corrected chi connectivity index (χ2v) is 7.05. The first-order valence-corrected chi connectivity index (χ1v) is 8.28. The van der Waals surface area contributed by atoms with E-state index < -0.39 is 0 Å². The van der Waals surface area contributed by atoms with Crippen LogP contribution in [0.25, 0.3) is 10.9 Å². The van der Waals surface area contributed by atoms with E-state index in [0.717, 1.165) is 49.1 Å². The van der Waals surface area contributed by atoms with Crippen LogP contribution >= 0.6 is 0 Å². The number of rotatable bonds is 1. The van der Waals surface area contributed by atoms with E-state index in [9.17, 15) is 4.79 Å². The highest BCUT2D eigenvalue weighted by atomic mass is 16.5. The van der Waals surface area contributed by atoms with Crippen molar-refractivity contribution < 1.29 is 9.53 Å². The molecule has 1 aromatic carbocycles. The van der Waals surface area contributed by atoms with Crippen molar-refractivity contribution in [3.8, 4) is 0 Å². The quantitative estimate of drug-likeness (QED) is 0.875. The number of amides is 1. The number of fused-ring (bicyclic) bond motifs is 1. The van der Waals surface area contributed by atoms with Crippen molar-refractivity contribution in [2.45, 2.75) is 6.42 Å². The average molecular weight is 313 g/mol. The molecule has 2 saturated heterocycles. The fourth-order valence-electron chi connectivity index (χ4n) is 3.94. The monoisotopic (exact) mass is 313 g/mol. The van der Waals surface area contributed by atoms with Crippen molar-refractivity contribution in [3.63, 3.8) is 0 Å². The van der Waals surface area contributed by atoms with E-state index in [1.54, 1.807) is 0 Å². The number of H-pyrrole nitrogens is 1. The summed E-state index contributed by atoms with van der Waals surface area (Å²) in [5, 5.41) is 1.08. The number of hydrogen-bond donors (Lipinski definition) is 1. The maximum absolute atomic E-state index is 13.0. The number of aromatic amines is 1. The fourth-order valence-corrected chi connectivity index (χ4v) is 3.94. The van der Waals surface area contributed by atoms with Crippen LogP contribution in [0.5, 0.6) is 0 Å². The molecule has 1 amide bonds. The molecule has 2 aliphatic heterocycles. The molecule has 1 atom stereocenters. The molecule has 2 aromatic rings. The maximum Gasteiger partial charge on any atom is 0.253 e. The minimum atomic E-state index is 0.0963. The van der Waals surface area contributed by atoms with E-state index in [4.69, 9.17) is 4.74 Å².